The van der Waals surface area contributed by atoms with Gasteiger partial charge in [0.2, 0.25) is 0 Å². The maximum absolute atomic E-state index is 5.15. The third-order valence-corrected chi connectivity index (χ3v) is 7.90. The molecule has 0 aliphatic carbocycles. The molecule has 0 aliphatic heterocycles. The van der Waals surface area contributed by atoms with Gasteiger partial charge in [0.05, 0.1) is 0 Å². The average molecular weight is 564 g/mol. The van der Waals surface area contributed by atoms with E-state index in [4.69, 9.17) is 15.0 Å². The number of aromatic nitrogens is 5. The van der Waals surface area contributed by atoms with Crippen LogP contribution in [0.5, 0.6) is 0 Å². The molecule has 8 aromatic rings. The molecule has 3 heterocycles. The lowest BCUT2D eigenvalue weighted by Gasteiger charge is -2.13. The van der Waals surface area contributed by atoms with Crippen molar-refractivity contribution in [1.29, 1.82) is 0 Å². The zero-order valence-electron chi connectivity index (χ0n) is 23.7. The fourth-order valence-electron chi connectivity index (χ4n) is 5.75. The average Bonchev–Trinajstić information content (AvgIpc) is 3.11. The van der Waals surface area contributed by atoms with Crippen LogP contribution < -0.4 is 0 Å². The first-order chi connectivity index (χ1) is 21.8. The van der Waals surface area contributed by atoms with Crippen LogP contribution >= 0.6 is 0 Å². The van der Waals surface area contributed by atoms with Gasteiger partial charge in [-0.3, -0.25) is 9.97 Å². The Morgan fingerprint density at radius 3 is 1.50 bits per heavy atom. The van der Waals surface area contributed by atoms with Crippen LogP contribution in [0.2, 0.25) is 0 Å². The third-order valence-electron chi connectivity index (χ3n) is 7.90. The molecule has 0 aliphatic rings. The van der Waals surface area contributed by atoms with E-state index in [9.17, 15) is 0 Å². The number of hydrogen-bond donors (Lipinski definition) is 0. The molecule has 44 heavy (non-hydrogen) atoms. The number of fused-ring (bicyclic) bond motifs is 2. The summed E-state index contributed by atoms with van der Waals surface area (Å²) in [4.78, 5) is 24.0. The first kappa shape index (κ1) is 25.6. The normalized spacial score (nSPS) is 11.2. The van der Waals surface area contributed by atoms with Crippen molar-refractivity contribution in [1.82, 2.24) is 24.9 Å². The van der Waals surface area contributed by atoms with Gasteiger partial charge in [0.15, 0.2) is 17.5 Å². The predicted octanol–water partition coefficient (Wildman–Crippen LogP) is 9.30. The SMILES string of the molecule is c1cncc(-c2cc(-c3ccncc3)cc(-c3nc(-c4cccc5ccccc45)nc(-c4cccc5ccccc45)n3)c2)c1. The molecule has 0 radical (unpaired) electrons. The molecule has 0 spiro atoms. The minimum absolute atomic E-state index is 0.604. The van der Waals surface area contributed by atoms with Crippen LogP contribution in [0.15, 0.2) is 152 Å². The van der Waals surface area contributed by atoms with Gasteiger partial charge < -0.3 is 0 Å². The highest BCUT2D eigenvalue weighted by Crippen LogP contribution is 2.35. The lowest BCUT2D eigenvalue weighted by molar-refractivity contribution is 1.08. The lowest BCUT2D eigenvalue weighted by atomic mass is 9.97. The second-order valence-electron chi connectivity index (χ2n) is 10.6. The Kier molecular flexibility index (Phi) is 6.39. The number of nitrogens with zero attached hydrogens (tertiary/aromatic N) is 5. The number of benzene rings is 5. The summed E-state index contributed by atoms with van der Waals surface area (Å²) in [5.74, 6) is 1.87. The molecule has 0 N–H and O–H groups in total. The molecule has 5 nitrogen and oxygen atoms in total. The van der Waals surface area contributed by atoms with Crippen molar-refractivity contribution < 1.29 is 0 Å². The quantitative estimate of drug-likeness (QED) is 0.209. The summed E-state index contributed by atoms with van der Waals surface area (Å²) in [5, 5.41) is 4.46. The molecule has 0 unspecified atom stereocenters. The standard InChI is InChI=1S/C39H25N5/c1-3-13-33-27(8-1)10-5-15-35(33)38-42-37(43-39(44-38)36-16-6-11-28-9-2-4-14-34(28)36)32-23-30(26-17-20-40-21-18-26)22-31(24-32)29-12-7-19-41-25-29/h1-25H. The highest BCUT2D eigenvalue weighted by atomic mass is 15.0. The Hall–Kier alpha value is -6.07. The smallest absolute Gasteiger partial charge is 0.164 e. The van der Waals surface area contributed by atoms with Crippen molar-refractivity contribution in [3.8, 4) is 56.4 Å². The Balaban J connectivity index is 1.41. The summed E-state index contributed by atoms with van der Waals surface area (Å²) < 4.78 is 0. The van der Waals surface area contributed by atoms with Crippen molar-refractivity contribution in [2.24, 2.45) is 0 Å². The van der Waals surface area contributed by atoms with Crippen LogP contribution in [0.3, 0.4) is 0 Å². The molecule has 0 saturated carbocycles. The van der Waals surface area contributed by atoms with Crippen LogP contribution in [0.4, 0.5) is 0 Å². The molecule has 0 atom stereocenters. The van der Waals surface area contributed by atoms with Gasteiger partial charge in [-0.2, -0.15) is 0 Å². The van der Waals surface area contributed by atoms with Gasteiger partial charge >= 0.3 is 0 Å². The van der Waals surface area contributed by atoms with E-state index in [1.54, 1.807) is 6.20 Å². The van der Waals surface area contributed by atoms with Gasteiger partial charge in [0.25, 0.3) is 0 Å². The highest BCUT2D eigenvalue weighted by Gasteiger charge is 2.17. The molecule has 8 rings (SSSR count). The Bertz CT molecular complexity index is 2120. The van der Waals surface area contributed by atoms with Crippen LogP contribution in [0, 0.1) is 0 Å². The first-order valence-corrected chi connectivity index (χ1v) is 14.5. The van der Waals surface area contributed by atoms with Gasteiger partial charge in [-0.1, -0.05) is 91.0 Å². The summed E-state index contributed by atoms with van der Waals surface area (Å²) in [6.07, 6.45) is 7.29. The molecule has 0 saturated heterocycles. The van der Waals surface area contributed by atoms with Crippen molar-refractivity contribution in [2.75, 3.05) is 0 Å². The van der Waals surface area contributed by atoms with E-state index >= 15 is 0 Å². The van der Waals surface area contributed by atoms with Gasteiger partial charge in [0.1, 0.15) is 0 Å². The van der Waals surface area contributed by atoms with Gasteiger partial charge in [0, 0.05) is 47.0 Å². The molecule has 0 amide bonds. The summed E-state index contributed by atoms with van der Waals surface area (Å²) in [6, 6.07) is 43.7. The molecule has 3 aromatic heterocycles. The molecular formula is C39H25N5. The van der Waals surface area contributed by atoms with E-state index in [-0.39, 0.29) is 0 Å². The molecule has 0 bridgehead atoms. The van der Waals surface area contributed by atoms with E-state index < -0.39 is 0 Å². The van der Waals surface area contributed by atoms with Crippen molar-refractivity contribution >= 4 is 21.5 Å². The number of hydrogen-bond acceptors (Lipinski definition) is 5. The maximum Gasteiger partial charge on any atom is 0.164 e. The van der Waals surface area contributed by atoms with Gasteiger partial charge in [-0.05, 0) is 74.6 Å². The van der Waals surface area contributed by atoms with Crippen molar-refractivity contribution in [3.63, 3.8) is 0 Å². The molecule has 5 aromatic carbocycles. The maximum atomic E-state index is 5.15. The summed E-state index contributed by atoms with van der Waals surface area (Å²) in [7, 11) is 0. The number of pyridine rings is 2. The van der Waals surface area contributed by atoms with Crippen LogP contribution in [-0.2, 0) is 0 Å². The molecule has 206 valence electrons. The Labute approximate surface area is 254 Å². The van der Waals surface area contributed by atoms with E-state index in [0.717, 1.165) is 60.5 Å². The topological polar surface area (TPSA) is 64.5 Å². The van der Waals surface area contributed by atoms with Crippen molar-refractivity contribution in [2.45, 2.75) is 0 Å². The van der Waals surface area contributed by atoms with E-state index in [1.807, 2.05) is 36.8 Å². The van der Waals surface area contributed by atoms with Gasteiger partial charge in [-0.25, -0.2) is 15.0 Å². The Morgan fingerprint density at radius 2 is 0.886 bits per heavy atom. The van der Waals surface area contributed by atoms with Crippen molar-refractivity contribution in [3.05, 3.63) is 152 Å². The zero-order chi connectivity index (χ0) is 29.3. The second kappa shape index (κ2) is 11.0. The van der Waals surface area contributed by atoms with E-state index in [1.165, 1.54) is 0 Å². The predicted molar refractivity (Wildman–Crippen MR) is 178 cm³/mol. The first-order valence-electron chi connectivity index (χ1n) is 14.5. The molecular weight excluding hydrogens is 538 g/mol. The fourth-order valence-corrected chi connectivity index (χ4v) is 5.75. The van der Waals surface area contributed by atoms with E-state index in [0.29, 0.717) is 17.5 Å². The molecule has 5 heteroatoms. The minimum atomic E-state index is 0.604. The summed E-state index contributed by atoms with van der Waals surface area (Å²) >= 11 is 0. The largest absolute Gasteiger partial charge is 0.265 e. The zero-order valence-corrected chi connectivity index (χ0v) is 23.7. The second-order valence-corrected chi connectivity index (χ2v) is 10.6. The fraction of sp³-hybridized carbons (Fsp3) is 0. The Morgan fingerprint density at radius 1 is 0.341 bits per heavy atom. The van der Waals surface area contributed by atoms with Crippen LogP contribution in [0.25, 0.3) is 78.0 Å². The van der Waals surface area contributed by atoms with Gasteiger partial charge in [-0.15, -0.1) is 0 Å². The van der Waals surface area contributed by atoms with Crippen LogP contribution in [0.1, 0.15) is 0 Å². The molecule has 0 fully saturated rings. The lowest BCUT2D eigenvalue weighted by Crippen LogP contribution is -2.01. The third kappa shape index (κ3) is 4.76. The van der Waals surface area contributed by atoms with E-state index in [2.05, 4.69) is 119 Å². The summed E-state index contributed by atoms with van der Waals surface area (Å²) in [6.45, 7) is 0. The van der Waals surface area contributed by atoms with Crippen LogP contribution in [-0.4, -0.2) is 24.9 Å². The minimum Gasteiger partial charge on any atom is -0.265 e. The highest BCUT2D eigenvalue weighted by molar-refractivity contribution is 5.97. The summed E-state index contributed by atoms with van der Waals surface area (Å²) in [5.41, 5.74) is 6.97. The number of rotatable bonds is 5. The monoisotopic (exact) mass is 563 g/mol.